The highest BCUT2D eigenvalue weighted by molar-refractivity contribution is 4.89. The van der Waals surface area contributed by atoms with E-state index in [0.717, 1.165) is 12.0 Å². The largest absolute Gasteiger partial charge is 0.315 e. The lowest BCUT2D eigenvalue weighted by molar-refractivity contribution is 0.229. The van der Waals surface area contributed by atoms with Gasteiger partial charge in [-0.3, -0.25) is 0 Å². The molecule has 2 saturated heterocycles. The Balaban J connectivity index is 2.01. The number of piperidine rings is 1. The van der Waals surface area contributed by atoms with E-state index in [1.807, 2.05) is 0 Å². The molecule has 0 spiro atoms. The molecule has 0 aromatic heterocycles. The summed E-state index contributed by atoms with van der Waals surface area (Å²) in [5.41, 5.74) is 0. The Labute approximate surface area is 62.6 Å². The van der Waals surface area contributed by atoms with Gasteiger partial charge in [0.05, 0.1) is 0 Å². The third-order valence-corrected chi connectivity index (χ3v) is 3.01. The molecule has 2 fully saturated rings. The fraction of sp³-hybridized carbons (Fsp3) is 1.00. The van der Waals surface area contributed by atoms with E-state index in [1.54, 1.807) is 0 Å². The summed E-state index contributed by atoms with van der Waals surface area (Å²) in [6.07, 6.45) is 2.83. The van der Waals surface area contributed by atoms with Crippen molar-refractivity contribution >= 4 is 0 Å². The molecule has 1 N–H and O–H groups in total. The Morgan fingerprint density at radius 2 is 2.30 bits per heavy atom. The standard InChI is InChI=1S/C8H16N2/c1-10-5-3-7-2-4-9-6-8(7)10/h7-9H,2-6H2,1H3. The first-order chi connectivity index (χ1) is 4.88. The molecule has 0 aliphatic carbocycles. The predicted octanol–water partition coefficient (Wildman–Crippen LogP) is 0.300. The molecule has 2 rings (SSSR count). The quantitative estimate of drug-likeness (QED) is 0.520. The van der Waals surface area contributed by atoms with Gasteiger partial charge in [0.1, 0.15) is 0 Å². The molecule has 58 valence electrons. The maximum absolute atomic E-state index is 3.44. The summed E-state index contributed by atoms with van der Waals surface area (Å²) in [7, 11) is 2.25. The molecule has 2 atom stereocenters. The molecule has 10 heavy (non-hydrogen) atoms. The number of hydrogen-bond donors (Lipinski definition) is 1. The van der Waals surface area contributed by atoms with Gasteiger partial charge >= 0.3 is 0 Å². The van der Waals surface area contributed by atoms with E-state index in [1.165, 1.54) is 32.5 Å². The van der Waals surface area contributed by atoms with Gasteiger partial charge in [-0.15, -0.1) is 0 Å². The van der Waals surface area contributed by atoms with Crippen LogP contribution in [0.2, 0.25) is 0 Å². The van der Waals surface area contributed by atoms with Crippen LogP contribution in [0.1, 0.15) is 12.8 Å². The molecule has 0 aromatic rings. The Bertz CT molecular complexity index is 122. The highest BCUT2D eigenvalue weighted by Crippen LogP contribution is 2.26. The third kappa shape index (κ3) is 0.956. The van der Waals surface area contributed by atoms with E-state index in [0.29, 0.717) is 0 Å². The van der Waals surface area contributed by atoms with Crippen LogP contribution in [-0.2, 0) is 0 Å². The highest BCUT2D eigenvalue weighted by Gasteiger charge is 2.32. The van der Waals surface area contributed by atoms with E-state index in [4.69, 9.17) is 0 Å². The smallest absolute Gasteiger partial charge is 0.0246 e. The van der Waals surface area contributed by atoms with Crippen molar-refractivity contribution in [1.29, 1.82) is 0 Å². The van der Waals surface area contributed by atoms with Crippen molar-refractivity contribution in [2.24, 2.45) is 5.92 Å². The molecule has 2 heterocycles. The lowest BCUT2D eigenvalue weighted by Gasteiger charge is -2.29. The van der Waals surface area contributed by atoms with Crippen molar-refractivity contribution in [3.05, 3.63) is 0 Å². The summed E-state index contributed by atoms with van der Waals surface area (Å²) in [5, 5.41) is 3.44. The maximum Gasteiger partial charge on any atom is 0.0246 e. The molecule has 0 saturated carbocycles. The Morgan fingerprint density at radius 1 is 1.40 bits per heavy atom. The molecule has 2 unspecified atom stereocenters. The van der Waals surface area contributed by atoms with E-state index in [-0.39, 0.29) is 0 Å². The van der Waals surface area contributed by atoms with Crippen molar-refractivity contribution in [2.75, 3.05) is 26.7 Å². The topological polar surface area (TPSA) is 15.3 Å². The van der Waals surface area contributed by atoms with Gasteiger partial charge in [0.2, 0.25) is 0 Å². The second-order valence-electron chi connectivity index (χ2n) is 3.59. The molecule has 2 heteroatoms. The van der Waals surface area contributed by atoms with Crippen LogP contribution in [0.15, 0.2) is 0 Å². The zero-order chi connectivity index (χ0) is 6.97. The molecule has 0 aromatic carbocycles. The lowest BCUT2D eigenvalue weighted by atomic mass is 9.94. The van der Waals surface area contributed by atoms with Crippen LogP contribution in [-0.4, -0.2) is 37.6 Å². The molecule has 2 nitrogen and oxygen atoms in total. The molecule has 2 aliphatic heterocycles. The fourth-order valence-corrected chi connectivity index (χ4v) is 2.28. The van der Waals surface area contributed by atoms with Gasteiger partial charge in [-0.25, -0.2) is 0 Å². The summed E-state index contributed by atoms with van der Waals surface area (Å²) in [4.78, 5) is 2.50. The van der Waals surface area contributed by atoms with Crippen LogP contribution >= 0.6 is 0 Å². The normalized spacial score (nSPS) is 41.7. The van der Waals surface area contributed by atoms with Crippen molar-refractivity contribution < 1.29 is 0 Å². The van der Waals surface area contributed by atoms with Crippen LogP contribution in [0.5, 0.6) is 0 Å². The molecule has 0 bridgehead atoms. The summed E-state index contributed by atoms with van der Waals surface area (Å²) < 4.78 is 0. The second kappa shape index (κ2) is 2.51. The molecule has 0 radical (unpaired) electrons. The minimum absolute atomic E-state index is 0.855. The van der Waals surface area contributed by atoms with Crippen LogP contribution in [0.4, 0.5) is 0 Å². The average Bonchev–Trinajstić information content (AvgIpc) is 2.34. The average molecular weight is 140 g/mol. The Morgan fingerprint density at radius 3 is 3.10 bits per heavy atom. The number of likely N-dealkylation sites (N-methyl/N-ethyl adjacent to an activating group) is 1. The van der Waals surface area contributed by atoms with Crippen molar-refractivity contribution in [3.63, 3.8) is 0 Å². The number of nitrogens with zero attached hydrogens (tertiary/aromatic N) is 1. The van der Waals surface area contributed by atoms with Gasteiger partial charge < -0.3 is 10.2 Å². The van der Waals surface area contributed by atoms with Crippen LogP contribution < -0.4 is 5.32 Å². The van der Waals surface area contributed by atoms with Gasteiger partial charge in [-0.05, 0) is 38.9 Å². The van der Waals surface area contributed by atoms with E-state index < -0.39 is 0 Å². The van der Waals surface area contributed by atoms with Crippen molar-refractivity contribution in [3.8, 4) is 0 Å². The van der Waals surface area contributed by atoms with Crippen LogP contribution in [0.25, 0.3) is 0 Å². The second-order valence-corrected chi connectivity index (χ2v) is 3.59. The monoisotopic (exact) mass is 140 g/mol. The summed E-state index contributed by atoms with van der Waals surface area (Å²) >= 11 is 0. The Hall–Kier alpha value is -0.0800. The zero-order valence-corrected chi connectivity index (χ0v) is 6.64. The maximum atomic E-state index is 3.44. The van der Waals surface area contributed by atoms with Crippen molar-refractivity contribution in [1.82, 2.24) is 10.2 Å². The molecular formula is C8H16N2. The van der Waals surface area contributed by atoms with Crippen LogP contribution in [0.3, 0.4) is 0 Å². The highest BCUT2D eigenvalue weighted by atomic mass is 15.2. The van der Waals surface area contributed by atoms with E-state index in [9.17, 15) is 0 Å². The Kier molecular flexibility index (Phi) is 1.66. The van der Waals surface area contributed by atoms with Gasteiger partial charge in [0.25, 0.3) is 0 Å². The number of rotatable bonds is 0. The first kappa shape index (κ1) is 6.62. The molecular weight excluding hydrogens is 124 g/mol. The summed E-state index contributed by atoms with van der Waals surface area (Å²) in [6, 6.07) is 0.855. The van der Waals surface area contributed by atoms with Gasteiger partial charge in [0, 0.05) is 12.6 Å². The third-order valence-electron chi connectivity index (χ3n) is 3.01. The minimum Gasteiger partial charge on any atom is -0.315 e. The first-order valence-electron chi connectivity index (χ1n) is 4.29. The summed E-state index contributed by atoms with van der Waals surface area (Å²) in [5.74, 6) is 1.01. The number of hydrogen-bond acceptors (Lipinski definition) is 2. The van der Waals surface area contributed by atoms with Gasteiger partial charge in [-0.1, -0.05) is 0 Å². The van der Waals surface area contributed by atoms with Gasteiger partial charge in [0.15, 0.2) is 0 Å². The first-order valence-corrected chi connectivity index (χ1v) is 4.29. The van der Waals surface area contributed by atoms with Gasteiger partial charge in [-0.2, -0.15) is 0 Å². The van der Waals surface area contributed by atoms with E-state index >= 15 is 0 Å². The lowest BCUT2D eigenvalue weighted by Crippen LogP contribution is -2.44. The number of nitrogens with one attached hydrogen (secondary N) is 1. The minimum atomic E-state index is 0.855. The molecule has 2 aliphatic rings. The molecule has 0 amide bonds. The zero-order valence-electron chi connectivity index (χ0n) is 6.64. The predicted molar refractivity (Wildman–Crippen MR) is 42.0 cm³/mol. The number of likely N-dealkylation sites (tertiary alicyclic amines) is 1. The number of fused-ring (bicyclic) bond motifs is 1. The fourth-order valence-electron chi connectivity index (χ4n) is 2.28. The van der Waals surface area contributed by atoms with E-state index in [2.05, 4.69) is 17.3 Å². The van der Waals surface area contributed by atoms with Crippen LogP contribution in [0, 0.1) is 5.92 Å². The van der Waals surface area contributed by atoms with Crippen molar-refractivity contribution in [2.45, 2.75) is 18.9 Å². The summed E-state index contributed by atoms with van der Waals surface area (Å²) in [6.45, 7) is 3.78. The SMILES string of the molecule is CN1CCC2CCNCC21.